The predicted molar refractivity (Wildman–Crippen MR) is 87.1 cm³/mol. The Morgan fingerprint density at radius 1 is 1.42 bits per heavy atom. The van der Waals surface area contributed by atoms with Gasteiger partial charge in [0.05, 0.1) is 18.3 Å². The molecule has 6 nitrogen and oxygen atoms in total. The summed E-state index contributed by atoms with van der Waals surface area (Å²) in [6.07, 6.45) is 4.37. The number of amides is 2. The molecule has 4 rings (SSSR count). The molecule has 2 aliphatic heterocycles. The number of hydrogen-bond acceptors (Lipinski definition) is 4. The van der Waals surface area contributed by atoms with Gasteiger partial charge < -0.3 is 15.0 Å². The summed E-state index contributed by atoms with van der Waals surface area (Å²) in [6, 6.07) is 3.51. The maximum absolute atomic E-state index is 12.4. The Hall–Kier alpha value is -1.95. The number of rotatable bonds is 4. The minimum atomic E-state index is -0.107. The number of carbonyl (C=O) groups excluding carboxylic acids is 2. The highest BCUT2D eigenvalue weighted by Crippen LogP contribution is 2.41. The largest absolute Gasteiger partial charge is 0.376 e. The number of nitrogens with zero attached hydrogens (tertiary/aromatic N) is 2. The van der Waals surface area contributed by atoms with Crippen LogP contribution in [0.2, 0.25) is 0 Å². The fourth-order valence-electron chi connectivity index (χ4n) is 3.91. The molecule has 2 unspecified atom stereocenters. The average molecular weight is 329 g/mol. The molecule has 1 N–H and O–H groups in total. The Labute approximate surface area is 141 Å². The van der Waals surface area contributed by atoms with Crippen molar-refractivity contribution in [1.29, 1.82) is 0 Å². The Morgan fingerprint density at radius 3 is 2.96 bits per heavy atom. The lowest BCUT2D eigenvalue weighted by molar-refractivity contribution is -0.132. The van der Waals surface area contributed by atoms with E-state index in [1.54, 1.807) is 24.5 Å². The van der Waals surface area contributed by atoms with Gasteiger partial charge in [0.2, 0.25) is 5.91 Å². The molecule has 3 fully saturated rings. The van der Waals surface area contributed by atoms with Crippen molar-refractivity contribution < 1.29 is 14.3 Å². The molecule has 1 aromatic rings. The molecule has 1 aliphatic carbocycles. The summed E-state index contributed by atoms with van der Waals surface area (Å²) in [5, 5.41) is 2.98. The van der Waals surface area contributed by atoms with Gasteiger partial charge in [-0.05, 0) is 24.5 Å². The van der Waals surface area contributed by atoms with Crippen molar-refractivity contribution in [3.05, 3.63) is 30.1 Å². The van der Waals surface area contributed by atoms with Gasteiger partial charge in [-0.1, -0.05) is 6.92 Å². The topological polar surface area (TPSA) is 71.5 Å². The van der Waals surface area contributed by atoms with Crippen LogP contribution in [0.1, 0.15) is 23.7 Å². The van der Waals surface area contributed by atoms with Crippen molar-refractivity contribution >= 4 is 11.8 Å². The van der Waals surface area contributed by atoms with E-state index in [0.29, 0.717) is 43.0 Å². The van der Waals surface area contributed by atoms with Gasteiger partial charge in [-0.15, -0.1) is 0 Å². The number of aromatic nitrogens is 1. The highest BCUT2D eigenvalue weighted by atomic mass is 16.5. The van der Waals surface area contributed by atoms with Gasteiger partial charge >= 0.3 is 0 Å². The first-order chi connectivity index (χ1) is 11.6. The van der Waals surface area contributed by atoms with Gasteiger partial charge in [-0.3, -0.25) is 14.6 Å². The highest BCUT2D eigenvalue weighted by Gasteiger charge is 2.49. The smallest absolute Gasteiger partial charge is 0.252 e. The van der Waals surface area contributed by atoms with Crippen LogP contribution in [0.3, 0.4) is 0 Å². The first-order valence-corrected chi connectivity index (χ1v) is 8.72. The molecular weight excluding hydrogens is 306 g/mol. The molecule has 6 heteroatoms. The molecule has 128 valence electrons. The summed E-state index contributed by atoms with van der Waals surface area (Å²) in [6.45, 7) is 4.84. The number of fused-ring (bicyclic) bond motifs is 1. The zero-order valence-electron chi connectivity index (χ0n) is 13.9. The quantitative estimate of drug-likeness (QED) is 0.892. The monoisotopic (exact) mass is 329 g/mol. The van der Waals surface area contributed by atoms with E-state index in [1.165, 1.54) is 0 Å². The van der Waals surface area contributed by atoms with Crippen LogP contribution in [0.15, 0.2) is 24.5 Å². The van der Waals surface area contributed by atoms with Gasteiger partial charge in [-0.25, -0.2) is 0 Å². The number of ether oxygens (including phenoxy) is 1. The third-order valence-electron chi connectivity index (χ3n) is 5.63. The molecule has 0 aromatic carbocycles. The van der Waals surface area contributed by atoms with Crippen molar-refractivity contribution in [3.8, 4) is 0 Å². The number of nitrogens with one attached hydrogen (secondary N) is 1. The summed E-state index contributed by atoms with van der Waals surface area (Å²) >= 11 is 0. The second kappa shape index (κ2) is 6.16. The molecule has 2 saturated heterocycles. The predicted octanol–water partition coefficient (Wildman–Crippen LogP) is 0.941. The minimum absolute atomic E-state index is 0.107. The van der Waals surface area contributed by atoms with E-state index in [0.717, 1.165) is 13.0 Å². The second-order valence-electron chi connectivity index (χ2n) is 7.31. The van der Waals surface area contributed by atoms with Crippen LogP contribution in [0, 0.1) is 23.7 Å². The van der Waals surface area contributed by atoms with Crippen LogP contribution in [0.4, 0.5) is 0 Å². The minimum Gasteiger partial charge on any atom is -0.376 e. The number of carbonyl (C=O) groups is 2. The molecule has 0 bridgehead atoms. The van der Waals surface area contributed by atoms with Crippen molar-refractivity contribution in [2.75, 3.05) is 26.2 Å². The van der Waals surface area contributed by atoms with Gasteiger partial charge in [-0.2, -0.15) is 0 Å². The average Bonchev–Trinajstić information content (AvgIpc) is 3.02. The molecule has 0 spiro atoms. The van der Waals surface area contributed by atoms with E-state index in [1.807, 2.05) is 4.90 Å². The third-order valence-corrected chi connectivity index (χ3v) is 5.63. The van der Waals surface area contributed by atoms with Crippen molar-refractivity contribution in [2.45, 2.75) is 19.4 Å². The molecule has 1 saturated carbocycles. The van der Waals surface area contributed by atoms with Crippen molar-refractivity contribution in [1.82, 2.24) is 15.2 Å². The van der Waals surface area contributed by atoms with E-state index >= 15 is 0 Å². The molecular formula is C18H23N3O3. The lowest BCUT2D eigenvalue weighted by atomic mass is 9.93. The SMILES string of the molecule is CC1CC1C(=O)N1C[C@@H]2[C@H](CNC(=O)c3cccnc3)CO[C@@H]2C1. The fraction of sp³-hybridized carbons (Fsp3) is 0.611. The third kappa shape index (κ3) is 2.90. The van der Waals surface area contributed by atoms with Crippen molar-refractivity contribution in [2.24, 2.45) is 23.7 Å². The Bertz CT molecular complexity index is 636. The molecule has 3 heterocycles. The Kier molecular flexibility index (Phi) is 4.00. The van der Waals surface area contributed by atoms with Crippen LogP contribution >= 0.6 is 0 Å². The summed E-state index contributed by atoms with van der Waals surface area (Å²) in [7, 11) is 0. The van der Waals surface area contributed by atoms with Crippen LogP contribution < -0.4 is 5.32 Å². The zero-order chi connectivity index (χ0) is 16.7. The van der Waals surface area contributed by atoms with Gasteiger partial charge in [0, 0.05) is 49.8 Å². The summed E-state index contributed by atoms with van der Waals surface area (Å²) in [4.78, 5) is 30.5. The zero-order valence-corrected chi connectivity index (χ0v) is 13.9. The number of likely N-dealkylation sites (tertiary alicyclic amines) is 1. The maximum atomic E-state index is 12.4. The first kappa shape index (κ1) is 15.6. The molecule has 1 aromatic heterocycles. The molecule has 2 amide bonds. The van der Waals surface area contributed by atoms with E-state index < -0.39 is 0 Å². The van der Waals surface area contributed by atoms with Crippen molar-refractivity contribution in [3.63, 3.8) is 0 Å². The molecule has 24 heavy (non-hydrogen) atoms. The van der Waals surface area contributed by atoms with Crippen LogP contribution in [0.25, 0.3) is 0 Å². The molecule has 5 atom stereocenters. The normalized spacial score (nSPS) is 34.0. The first-order valence-electron chi connectivity index (χ1n) is 8.72. The van der Waals surface area contributed by atoms with Crippen LogP contribution in [-0.2, 0) is 9.53 Å². The maximum Gasteiger partial charge on any atom is 0.252 e. The van der Waals surface area contributed by atoms with Crippen LogP contribution in [-0.4, -0.2) is 54.0 Å². The second-order valence-corrected chi connectivity index (χ2v) is 7.31. The van der Waals surface area contributed by atoms with Crippen LogP contribution in [0.5, 0.6) is 0 Å². The summed E-state index contributed by atoms with van der Waals surface area (Å²) in [5.41, 5.74) is 0.568. The van der Waals surface area contributed by atoms with Gasteiger partial charge in [0.15, 0.2) is 0 Å². The van der Waals surface area contributed by atoms with E-state index in [-0.39, 0.29) is 23.8 Å². The molecule has 0 radical (unpaired) electrons. The summed E-state index contributed by atoms with van der Waals surface area (Å²) < 4.78 is 5.88. The van der Waals surface area contributed by atoms with E-state index in [2.05, 4.69) is 17.2 Å². The number of pyridine rings is 1. The summed E-state index contributed by atoms with van der Waals surface area (Å²) in [5.74, 6) is 1.55. The Morgan fingerprint density at radius 2 is 2.25 bits per heavy atom. The lowest BCUT2D eigenvalue weighted by Gasteiger charge is -2.20. The lowest BCUT2D eigenvalue weighted by Crippen LogP contribution is -2.36. The van der Waals surface area contributed by atoms with Gasteiger partial charge in [0.25, 0.3) is 5.91 Å². The van der Waals surface area contributed by atoms with E-state index in [4.69, 9.17) is 4.74 Å². The molecule has 3 aliphatic rings. The number of hydrogen-bond donors (Lipinski definition) is 1. The fourth-order valence-corrected chi connectivity index (χ4v) is 3.91. The Balaban J connectivity index is 1.31. The van der Waals surface area contributed by atoms with E-state index in [9.17, 15) is 9.59 Å². The highest BCUT2D eigenvalue weighted by molar-refractivity contribution is 5.93. The van der Waals surface area contributed by atoms with Gasteiger partial charge in [0.1, 0.15) is 0 Å². The standard InChI is InChI=1S/C18H23N3O3/c1-11-5-14(11)18(23)21-8-15-13(10-24-16(15)9-21)7-20-17(22)12-3-2-4-19-6-12/h2-4,6,11,13-16H,5,7-10H2,1H3,(H,20,22)/t11?,13-,14?,15-,16-/m1/s1.